The lowest BCUT2D eigenvalue weighted by Gasteiger charge is -2.41. The summed E-state index contributed by atoms with van der Waals surface area (Å²) in [6, 6.07) is 0. The van der Waals surface area contributed by atoms with Gasteiger partial charge < -0.3 is 9.47 Å². The Bertz CT molecular complexity index is 250. The van der Waals surface area contributed by atoms with Crippen molar-refractivity contribution in [3.05, 3.63) is 12.7 Å². The van der Waals surface area contributed by atoms with Crippen LogP contribution in [-0.4, -0.2) is 24.8 Å². The molecule has 0 amide bonds. The minimum Gasteiger partial charge on any atom is -0.466 e. The predicted molar refractivity (Wildman–Crippen MR) is 63.1 cm³/mol. The average molecular weight is 226 g/mol. The van der Waals surface area contributed by atoms with Gasteiger partial charge in [0.2, 0.25) is 0 Å². The number of hydrogen-bond acceptors (Lipinski definition) is 3. The fourth-order valence-electron chi connectivity index (χ4n) is 2.33. The minimum absolute atomic E-state index is 0.168. The number of rotatable bonds is 5. The van der Waals surface area contributed by atoms with Crippen LogP contribution in [0.25, 0.3) is 0 Å². The van der Waals surface area contributed by atoms with Crippen LogP contribution in [0.5, 0.6) is 0 Å². The van der Waals surface area contributed by atoms with Gasteiger partial charge in [-0.15, -0.1) is 6.58 Å². The van der Waals surface area contributed by atoms with Gasteiger partial charge in [0.25, 0.3) is 0 Å². The smallest absolute Gasteiger partial charge is 0.308 e. The van der Waals surface area contributed by atoms with Crippen molar-refractivity contribution in [1.29, 1.82) is 0 Å². The normalized spacial score (nSPS) is 29.8. The van der Waals surface area contributed by atoms with Crippen LogP contribution >= 0.6 is 0 Å². The molecule has 0 spiro atoms. The van der Waals surface area contributed by atoms with E-state index < -0.39 is 0 Å². The Balaban J connectivity index is 2.70. The summed E-state index contributed by atoms with van der Waals surface area (Å²) in [5.41, 5.74) is -0.383. The Morgan fingerprint density at radius 1 is 1.69 bits per heavy atom. The third kappa shape index (κ3) is 3.08. The molecule has 2 atom stereocenters. The summed E-state index contributed by atoms with van der Waals surface area (Å²) >= 11 is 0. The molecule has 0 unspecified atom stereocenters. The monoisotopic (exact) mass is 226 g/mol. The lowest BCUT2D eigenvalue weighted by atomic mass is 9.78. The standard InChI is InChI=1S/C13H22O3/c1-4-8-13(10-12(14)15-5-2)11(3)7-6-9-16-13/h4,11H,1,5-10H2,2-3H3/t11-,13-/m0/s1. The highest BCUT2D eigenvalue weighted by Gasteiger charge is 2.40. The molecule has 1 heterocycles. The fraction of sp³-hybridized carbons (Fsp3) is 0.769. The topological polar surface area (TPSA) is 35.5 Å². The molecule has 0 N–H and O–H groups in total. The maximum absolute atomic E-state index is 11.6. The molecule has 0 bridgehead atoms. The lowest BCUT2D eigenvalue weighted by molar-refractivity contribution is -0.161. The minimum atomic E-state index is -0.383. The second kappa shape index (κ2) is 6.04. The molecular weight excluding hydrogens is 204 g/mol. The predicted octanol–water partition coefficient (Wildman–Crippen LogP) is 2.70. The maximum atomic E-state index is 11.6. The van der Waals surface area contributed by atoms with E-state index in [4.69, 9.17) is 9.47 Å². The number of carbonyl (C=O) groups excluding carboxylic acids is 1. The van der Waals surface area contributed by atoms with E-state index in [1.54, 1.807) is 0 Å². The highest BCUT2D eigenvalue weighted by Crippen LogP contribution is 2.37. The molecular formula is C13H22O3. The number of carbonyl (C=O) groups is 1. The van der Waals surface area contributed by atoms with E-state index in [0.717, 1.165) is 19.4 Å². The quantitative estimate of drug-likeness (QED) is 0.534. The van der Waals surface area contributed by atoms with Crippen molar-refractivity contribution in [3.63, 3.8) is 0 Å². The van der Waals surface area contributed by atoms with Gasteiger partial charge in [0, 0.05) is 6.61 Å². The van der Waals surface area contributed by atoms with Crippen molar-refractivity contribution in [3.8, 4) is 0 Å². The van der Waals surface area contributed by atoms with Gasteiger partial charge in [0.1, 0.15) is 0 Å². The van der Waals surface area contributed by atoms with Crippen LogP contribution in [0.4, 0.5) is 0 Å². The van der Waals surface area contributed by atoms with Crippen molar-refractivity contribution >= 4 is 5.97 Å². The molecule has 0 aliphatic carbocycles. The first kappa shape index (κ1) is 13.2. The van der Waals surface area contributed by atoms with E-state index in [-0.39, 0.29) is 11.6 Å². The summed E-state index contributed by atoms with van der Waals surface area (Å²) in [5.74, 6) is 0.210. The molecule has 1 saturated heterocycles. The average Bonchev–Trinajstić information content (AvgIpc) is 2.23. The highest BCUT2D eigenvalue weighted by atomic mass is 16.5. The van der Waals surface area contributed by atoms with Crippen LogP contribution in [0.15, 0.2) is 12.7 Å². The van der Waals surface area contributed by atoms with Gasteiger partial charge in [0.05, 0.1) is 18.6 Å². The van der Waals surface area contributed by atoms with Crippen LogP contribution in [0.1, 0.15) is 39.5 Å². The zero-order valence-corrected chi connectivity index (χ0v) is 10.3. The summed E-state index contributed by atoms with van der Waals surface area (Å²) in [6.07, 6.45) is 5.07. The van der Waals surface area contributed by atoms with Gasteiger partial charge >= 0.3 is 5.97 Å². The molecule has 0 aromatic heterocycles. The molecule has 1 aliphatic heterocycles. The molecule has 1 fully saturated rings. The molecule has 92 valence electrons. The van der Waals surface area contributed by atoms with E-state index in [1.807, 2.05) is 13.0 Å². The molecule has 0 saturated carbocycles. The van der Waals surface area contributed by atoms with E-state index in [2.05, 4.69) is 13.5 Å². The summed E-state index contributed by atoms with van der Waals surface area (Å²) in [5, 5.41) is 0. The first-order valence-corrected chi connectivity index (χ1v) is 6.05. The van der Waals surface area contributed by atoms with Gasteiger partial charge in [-0.25, -0.2) is 0 Å². The number of esters is 1. The first-order valence-electron chi connectivity index (χ1n) is 6.05. The van der Waals surface area contributed by atoms with Crippen molar-refractivity contribution in [2.24, 2.45) is 5.92 Å². The molecule has 0 aromatic carbocycles. The lowest BCUT2D eigenvalue weighted by Crippen LogP contribution is -2.45. The highest BCUT2D eigenvalue weighted by molar-refractivity contribution is 5.70. The summed E-state index contributed by atoms with van der Waals surface area (Å²) in [7, 11) is 0. The van der Waals surface area contributed by atoms with Crippen LogP contribution in [0.3, 0.4) is 0 Å². The van der Waals surface area contributed by atoms with Crippen molar-refractivity contribution in [2.75, 3.05) is 13.2 Å². The summed E-state index contributed by atoms with van der Waals surface area (Å²) < 4.78 is 10.9. The molecule has 0 radical (unpaired) electrons. The van der Waals surface area contributed by atoms with Crippen LogP contribution in [-0.2, 0) is 14.3 Å². The van der Waals surface area contributed by atoms with E-state index in [9.17, 15) is 4.79 Å². The van der Waals surface area contributed by atoms with E-state index in [1.165, 1.54) is 0 Å². The van der Waals surface area contributed by atoms with Gasteiger partial charge in [-0.1, -0.05) is 13.0 Å². The van der Waals surface area contributed by atoms with E-state index >= 15 is 0 Å². The molecule has 0 aromatic rings. The van der Waals surface area contributed by atoms with Gasteiger partial charge in [-0.3, -0.25) is 4.79 Å². The Kier molecular flexibility index (Phi) is 5.00. The Hall–Kier alpha value is -0.830. The summed E-state index contributed by atoms with van der Waals surface area (Å²) in [4.78, 5) is 11.6. The zero-order valence-electron chi connectivity index (χ0n) is 10.3. The van der Waals surface area contributed by atoms with Crippen molar-refractivity contribution in [1.82, 2.24) is 0 Å². The Labute approximate surface area is 97.8 Å². The van der Waals surface area contributed by atoms with Crippen LogP contribution < -0.4 is 0 Å². The SMILES string of the molecule is C=CC[C@@]1(CC(=O)OCC)OCCC[C@@H]1C. The van der Waals surface area contributed by atoms with Gasteiger partial charge in [-0.2, -0.15) is 0 Å². The molecule has 3 heteroatoms. The van der Waals surface area contributed by atoms with Crippen molar-refractivity contribution < 1.29 is 14.3 Å². The van der Waals surface area contributed by atoms with Crippen molar-refractivity contribution in [2.45, 2.75) is 45.1 Å². The van der Waals surface area contributed by atoms with Crippen LogP contribution in [0.2, 0.25) is 0 Å². The molecule has 3 nitrogen and oxygen atoms in total. The second-order valence-electron chi connectivity index (χ2n) is 4.43. The summed E-state index contributed by atoms with van der Waals surface area (Å²) in [6.45, 7) is 8.88. The third-order valence-electron chi connectivity index (χ3n) is 3.31. The third-order valence-corrected chi connectivity index (χ3v) is 3.31. The van der Waals surface area contributed by atoms with Gasteiger partial charge in [-0.05, 0) is 32.1 Å². The number of hydrogen-bond donors (Lipinski definition) is 0. The molecule has 16 heavy (non-hydrogen) atoms. The fourth-order valence-corrected chi connectivity index (χ4v) is 2.33. The molecule has 1 aliphatic rings. The first-order chi connectivity index (χ1) is 7.64. The Morgan fingerprint density at radius 2 is 2.44 bits per heavy atom. The van der Waals surface area contributed by atoms with E-state index in [0.29, 0.717) is 25.4 Å². The Morgan fingerprint density at radius 3 is 3.00 bits per heavy atom. The zero-order chi connectivity index (χ0) is 12.0. The van der Waals surface area contributed by atoms with Crippen LogP contribution in [0, 0.1) is 5.92 Å². The largest absolute Gasteiger partial charge is 0.466 e. The molecule has 1 rings (SSSR count). The number of ether oxygens (including phenoxy) is 2. The van der Waals surface area contributed by atoms with Gasteiger partial charge in [0.15, 0.2) is 0 Å². The maximum Gasteiger partial charge on any atom is 0.308 e. The second-order valence-corrected chi connectivity index (χ2v) is 4.43.